The number of rotatable bonds is 1. The molecule has 1 heterocycles. The van der Waals surface area contributed by atoms with Crippen LogP contribution in [0, 0.1) is 10.5 Å². The molecule has 2 nitrogen and oxygen atoms in total. The second-order valence-corrected chi connectivity index (χ2v) is 2.75. The number of pyridine rings is 1. The molecule has 0 saturated carbocycles. The first-order valence-corrected chi connectivity index (χ1v) is 3.57. The molecule has 1 N–H and O–H groups in total. The minimum atomic E-state index is -0.645. The number of carbonyl (C=O) groups excluding carboxylic acids is 1. The van der Waals surface area contributed by atoms with Crippen molar-refractivity contribution in [1.82, 2.24) is 4.98 Å². The number of H-pyrrole nitrogens is 1. The fraction of sp³-hybridized carbons (Fsp3) is 0. The first kappa shape index (κ1) is 8.42. The molecule has 0 aliphatic carbocycles. The van der Waals surface area contributed by atoms with E-state index < -0.39 is 5.82 Å². The van der Waals surface area contributed by atoms with Crippen molar-refractivity contribution in [2.24, 2.45) is 0 Å². The Morgan fingerprint density at radius 2 is 2.36 bits per heavy atom. The van der Waals surface area contributed by atoms with Crippen molar-refractivity contribution in [2.45, 2.75) is 5.03 Å². The second kappa shape index (κ2) is 3.15. The Labute approximate surface area is 72.9 Å². The van der Waals surface area contributed by atoms with Crippen molar-refractivity contribution < 1.29 is 9.18 Å². The maximum absolute atomic E-state index is 12.7. The lowest BCUT2D eigenvalue weighted by atomic mass is 10.3. The molecule has 1 aromatic rings. The zero-order chi connectivity index (χ0) is 8.43. The smallest absolute Gasteiger partial charge is 0.155 e. The van der Waals surface area contributed by atoms with Crippen molar-refractivity contribution in [1.29, 1.82) is 0 Å². The molecule has 0 atom stereocenters. The predicted octanol–water partition coefficient (Wildman–Crippen LogP) is 1.98. The highest BCUT2D eigenvalue weighted by Gasteiger charge is 2.04. The minimum absolute atomic E-state index is 0.0954. The number of hydrogen-bond donors (Lipinski definition) is 2. The largest absolute Gasteiger partial charge is 0.341 e. The number of thiol groups is 1. The van der Waals surface area contributed by atoms with Gasteiger partial charge < -0.3 is 4.98 Å². The predicted molar refractivity (Wildman–Crippen MR) is 44.2 cm³/mol. The molecule has 58 valence electrons. The van der Waals surface area contributed by atoms with Gasteiger partial charge in [-0.15, -0.1) is 12.6 Å². The molecule has 5 heteroatoms. The molecule has 0 radical (unpaired) electrons. The molecule has 0 aliphatic heterocycles. The van der Waals surface area contributed by atoms with Gasteiger partial charge in [0.25, 0.3) is 0 Å². The summed E-state index contributed by atoms with van der Waals surface area (Å²) in [5, 5.41) is 0.157. The molecule has 0 bridgehead atoms. The van der Waals surface area contributed by atoms with E-state index in [1.807, 2.05) is 0 Å². The average molecular weight is 189 g/mol. The van der Waals surface area contributed by atoms with Crippen LogP contribution in [0.4, 0.5) is 4.39 Å². The van der Waals surface area contributed by atoms with Gasteiger partial charge in [0.1, 0.15) is 10.5 Å². The second-order valence-electron chi connectivity index (χ2n) is 1.86. The molecule has 0 unspecified atom stereocenters. The quantitative estimate of drug-likeness (QED) is 0.402. The summed E-state index contributed by atoms with van der Waals surface area (Å²) in [6.07, 6.45) is 0.392. The third-order valence-corrected chi connectivity index (χ3v) is 1.70. The Hall–Kier alpha value is -0.680. The van der Waals surface area contributed by atoms with E-state index in [4.69, 9.17) is 0 Å². The molecule has 0 aromatic carbocycles. The van der Waals surface area contributed by atoms with E-state index in [9.17, 15) is 9.18 Å². The summed E-state index contributed by atoms with van der Waals surface area (Å²) in [5.74, 6) is -0.645. The van der Waals surface area contributed by atoms with Crippen molar-refractivity contribution in [3.8, 4) is 0 Å². The van der Waals surface area contributed by atoms with Gasteiger partial charge in [-0.05, 0) is 0 Å². The standard InChI is InChI=1S/C6H4FNOS2/c7-4-1-5(10)8-6(11)3(4)2-9/h1-2H,(H2,8,10,11). The van der Waals surface area contributed by atoms with Crippen LogP contribution < -0.4 is 0 Å². The Bertz CT molecular complexity index is 321. The lowest BCUT2D eigenvalue weighted by Gasteiger charge is -1.97. The zero-order valence-electron chi connectivity index (χ0n) is 5.30. The van der Waals surface area contributed by atoms with Crippen LogP contribution >= 0.6 is 24.8 Å². The molecule has 0 aliphatic rings. The Morgan fingerprint density at radius 1 is 1.73 bits per heavy atom. The van der Waals surface area contributed by atoms with Gasteiger partial charge in [-0.25, -0.2) is 4.39 Å². The molecule has 0 amide bonds. The summed E-state index contributed by atoms with van der Waals surface area (Å²) in [4.78, 5) is 12.8. The van der Waals surface area contributed by atoms with Gasteiger partial charge in [0.05, 0.1) is 10.6 Å². The maximum Gasteiger partial charge on any atom is 0.155 e. The van der Waals surface area contributed by atoms with E-state index in [0.717, 1.165) is 6.07 Å². The summed E-state index contributed by atoms with van der Waals surface area (Å²) < 4.78 is 13.0. The Morgan fingerprint density at radius 3 is 2.82 bits per heavy atom. The van der Waals surface area contributed by atoms with Gasteiger partial charge in [-0.1, -0.05) is 12.2 Å². The number of nitrogens with one attached hydrogen (secondary N) is 1. The van der Waals surface area contributed by atoms with E-state index in [-0.39, 0.29) is 15.2 Å². The number of carbonyl (C=O) groups is 1. The normalized spacial score (nSPS) is 9.64. The van der Waals surface area contributed by atoms with Crippen LogP contribution in [0.1, 0.15) is 10.4 Å². The van der Waals surface area contributed by atoms with Crippen molar-refractivity contribution in [2.75, 3.05) is 0 Å². The van der Waals surface area contributed by atoms with E-state index in [0.29, 0.717) is 6.29 Å². The third-order valence-electron chi connectivity index (χ3n) is 1.13. The van der Waals surface area contributed by atoms with Crippen LogP contribution in [0.2, 0.25) is 0 Å². The number of aromatic amines is 1. The van der Waals surface area contributed by atoms with Gasteiger partial charge in [0.15, 0.2) is 6.29 Å². The highest BCUT2D eigenvalue weighted by molar-refractivity contribution is 7.80. The lowest BCUT2D eigenvalue weighted by molar-refractivity contribution is 0.111. The van der Waals surface area contributed by atoms with Crippen molar-refractivity contribution in [3.05, 3.63) is 22.1 Å². The molecule has 11 heavy (non-hydrogen) atoms. The van der Waals surface area contributed by atoms with E-state index in [1.54, 1.807) is 0 Å². The summed E-state index contributed by atoms with van der Waals surface area (Å²) in [6, 6.07) is 1.07. The maximum atomic E-state index is 12.7. The number of aldehydes is 1. The van der Waals surface area contributed by atoms with Gasteiger partial charge >= 0.3 is 0 Å². The monoisotopic (exact) mass is 189 g/mol. The molecule has 1 rings (SSSR count). The van der Waals surface area contributed by atoms with Crippen LogP contribution in [-0.4, -0.2) is 11.3 Å². The fourth-order valence-corrected chi connectivity index (χ4v) is 1.20. The van der Waals surface area contributed by atoms with Crippen LogP contribution in [0.5, 0.6) is 0 Å². The molecular weight excluding hydrogens is 185 g/mol. The summed E-state index contributed by atoms with van der Waals surface area (Å²) in [5.41, 5.74) is -0.0954. The molecule has 0 saturated heterocycles. The number of halogens is 1. The third kappa shape index (κ3) is 1.66. The average Bonchev–Trinajstić information content (AvgIpc) is 1.85. The Kier molecular flexibility index (Phi) is 2.41. The van der Waals surface area contributed by atoms with Gasteiger partial charge in [0, 0.05) is 6.07 Å². The van der Waals surface area contributed by atoms with E-state index in [1.165, 1.54) is 0 Å². The topological polar surface area (TPSA) is 32.9 Å². The Balaban J connectivity index is 3.48. The number of hydrogen-bond acceptors (Lipinski definition) is 3. The summed E-state index contributed by atoms with van der Waals surface area (Å²) in [6.45, 7) is 0. The first-order chi connectivity index (χ1) is 5.15. The minimum Gasteiger partial charge on any atom is -0.341 e. The van der Waals surface area contributed by atoms with Gasteiger partial charge in [-0.3, -0.25) is 4.79 Å². The zero-order valence-corrected chi connectivity index (χ0v) is 7.01. The fourth-order valence-electron chi connectivity index (χ4n) is 0.638. The lowest BCUT2D eigenvalue weighted by Crippen LogP contribution is -1.92. The van der Waals surface area contributed by atoms with Crippen LogP contribution in [0.15, 0.2) is 11.1 Å². The molecular formula is C6H4FNOS2. The highest BCUT2D eigenvalue weighted by Crippen LogP contribution is 2.12. The SMILES string of the molecule is O=Cc1c(F)cc(=S)[nH]c1S. The molecule has 0 fully saturated rings. The van der Waals surface area contributed by atoms with Crippen LogP contribution in [0.25, 0.3) is 0 Å². The van der Waals surface area contributed by atoms with E-state index in [2.05, 4.69) is 29.8 Å². The molecule has 0 spiro atoms. The number of aromatic nitrogens is 1. The first-order valence-electron chi connectivity index (χ1n) is 2.72. The van der Waals surface area contributed by atoms with Gasteiger partial charge in [0.2, 0.25) is 0 Å². The van der Waals surface area contributed by atoms with Crippen molar-refractivity contribution in [3.63, 3.8) is 0 Å². The summed E-state index contributed by atoms with van der Waals surface area (Å²) in [7, 11) is 0. The van der Waals surface area contributed by atoms with Crippen molar-refractivity contribution >= 4 is 31.1 Å². The van der Waals surface area contributed by atoms with Gasteiger partial charge in [-0.2, -0.15) is 0 Å². The highest BCUT2D eigenvalue weighted by atomic mass is 32.1. The molecule has 1 aromatic heterocycles. The van der Waals surface area contributed by atoms with E-state index >= 15 is 0 Å². The summed E-state index contributed by atoms with van der Waals surface area (Å²) >= 11 is 8.46. The van der Waals surface area contributed by atoms with Crippen LogP contribution in [-0.2, 0) is 0 Å². The van der Waals surface area contributed by atoms with Crippen LogP contribution in [0.3, 0.4) is 0 Å².